The zero-order valence-electron chi connectivity index (χ0n) is 9.59. The molecular weight excluding hydrogens is 254 g/mol. The largest absolute Gasteiger partial charge is 0.486 e. The molecule has 2 aliphatic heterocycles. The standard InChI is InChI=1S/C12H13NO4S/c14-12(15)8-6-18-11(13-8)7-1-2-9-10(5-7)17-4-3-16-9/h1-2,5,8,11,13H,3-4,6H2,(H,14,15)/t8-,11?/m1/s1. The molecule has 2 N–H and O–H groups in total. The number of hydrogen-bond donors (Lipinski definition) is 2. The molecular formula is C12H13NO4S. The third kappa shape index (κ3) is 2.13. The van der Waals surface area contributed by atoms with Gasteiger partial charge in [0, 0.05) is 5.75 Å². The lowest BCUT2D eigenvalue weighted by molar-refractivity contribution is -0.138. The molecule has 2 heterocycles. The number of fused-ring (bicyclic) bond motifs is 1. The molecule has 0 radical (unpaired) electrons. The second-order valence-corrected chi connectivity index (χ2v) is 5.31. The number of benzene rings is 1. The summed E-state index contributed by atoms with van der Waals surface area (Å²) in [4.78, 5) is 10.9. The van der Waals surface area contributed by atoms with Crippen molar-refractivity contribution >= 4 is 17.7 Å². The number of aliphatic carboxylic acids is 1. The maximum absolute atomic E-state index is 10.9. The van der Waals surface area contributed by atoms with Crippen LogP contribution in [0.15, 0.2) is 18.2 Å². The van der Waals surface area contributed by atoms with E-state index in [0.717, 1.165) is 17.1 Å². The highest BCUT2D eigenvalue weighted by Gasteiger charge is 2.30. The number of thioether (sulfide) groups is 1. The first kappa shape index (κ1) is 11.7. The van der Waals surface area contributed by atoms with Gasteiger partial charge in [0.2, 0.25) is 0 Å². The molecule has 2 aliphatic rings. The second-order valence-electron chi connectivity index (χ2n) is 4.17. The molecule has 1 fully saturated rings. The van der Waals surface area contributed by atoms with E-state index in [2.05, 4.69) is 5.32 Å². The third-order valence-electron chi connectivity index (χ3n) is 2.95. The average Bonchev–Trinajstić information content (AvgIpc) is 2.88. The smallest absolute Gasteiger partial charge is 0.321 e. The Morgan fingerprint density at radius 1 is 1.33 bits per heavy atom. The van der Waals surface area contributed by atoms with E-state index in [0.29, 0.717) is 19.0 Å². The molecule has 0 aliphatic carbocycles. The maximum Gasteiger partial charge on any atom is 0.321 e. The Hall–Kier alpha value is -1.40. The Morgan fingerprint density at radius 2 is 2.11 bits per heavy atom. The fraction of sp³-hybridized carbons (Fsp3) is 0.417. The minimum atomic E-state index is -0.803. The van der Waals surface area contributed by atoms with E-state index in [1.54, 1.807) is 11.8 Å². The molecule has 1 aromatic rings. The van der Waals surface area contributed by atoms with E-state index in [1.807, 2.05) is 18.2 Å². The lowest BCUT2D eigenvalue weighted by Crippen LogP contribution is -2.33. The number of ether oxygens (including phenoxy) is 2. The normalized spacial score (nSPS) is 26.0. The van der Waals surface area contributed by atoms with Crippen LogP contribution in [0.2, 0.25) is 0 Å². The molecule has 6 heteroatoms. The van der Waals surface area contributed by atoms with Gasteiger partial charge in [-0.2, -0.15) is 0 Å². The van der Waals surface area contributed by atoms with Gasteiger partial charge in [0.25, 0.3) is 0 Å². The van der Waals surface area contributed by atoms with Crippen molar-refractivity contribution in [2.24, 2.45) is 0 Å². The van der Waals surface area contributed by atoms with E-state index >= 15 is 0 Å². The number of hydrogen-bond acceptors (Lipinski definition) is 5. The van der Waals surface area contributed by atoms with Crippen molar-refractivity contribution in [2.45, 2.75) is 11.4 Å². The topological polar surface area (TPSA) is 67.8 Å². The van der Waals surface area contributed by atoms with Gasteiger partial charge in [0.1, 0.15) is 19.3 Å². The van der Waals surface area contributed by atoms with E-state index in [1.165, 1.54) is 0 Å². The zero-order valence-corrected chi connectivity index (χ0v) is 10.4. The van der Waals surface area contributed by atoms with Crippen LogP contribution < -0.4 is 14.8 Å². The Labute approximate surface area is 108 Å². The first-order chi connectivity index (χ1) is 8.74. The molecule has 0 bridgehead atoms. The molecule has 18 heavy (non-hydrogen) atoms. The van der Waals surface area contributed by atoms with Crippen LogP contribution in [0.3, 0.4) is 0 Å². The molecule has 5 nitrogen and oxygen atoms in total. The van der Waals surface area contributed by atoms with Crippen molar-refractivity contribution in [3.8, 4) is 11.5 Å². The van der Waals surface area contributed by atoms with Crippen LogP contribution in [0, 0.1) is 0 Å². The van der Waals surface area contributed by atoms with Crippen LogP contribution in [0.1, 0.15) is 10.9 Å². The monoisotopic (exact) mass is 267 g/mol. The fourth-order valence-electron chi connectivity index (χ4n) is 2.03. The second kappa shape index (κ2) is 4.70. The summed E-state index contributed by atoms with van der Waals surface area (Å²) in [6, 6.07) is 5.26. The minimum Gasteiger partial charge on any atom is -0.486 e. The number of carbonyl (C=O) groups is 1. The van der Waals surface area contributed by atoms with Crippen molar-refractivity contribution in [2.75, 3.05) is 19.0 Å². The average molecular weight is 267 g/mol. The Morgan fingerprint density at radius 3 is 2.83 bits per heavy atom. The summed E-state index contributed by atoms with van der Waals surface area (Å²) in [6.45, 7) is 1.13. The molecule has 1 aromatic carbocycles. The van der Waals surface area contributed by atoms with Gasteiger partial charge in [-0.15, -0.1) is 11.8 Å². The first-order valence-electron chi connectivity index (χ1n) is 5.74. The Kier molecular flexibility index (Phi) is 3.05. The highest BCUT2D eigenvalue weighted by atomic mass is 32.2. The Balaban J connectivity index is 1.79. The number of carboxylic acids is 1. The highest BCUT2D eigenvalue weighted by Crippen LogP contribution is 2.38. The van der Waals surface area contributed by atoms with Gasteiger partial charge in [0.05, 0.1) is 5.37 Å². The van der Waals surface area contributed by atoms with Crippen molar-refractivity contribution in [3.63, 3.8) is 0 Å². The summed E-state index contributed by atoms with van der Waals surface area (Å²) in [5.74, 6) is 1.26. The molecule has 1 unspecified atom stereocenters. The van der Waals surface area contributed by atoms with E-state index < -0.39 is 12.0 Å². The number of carboxylic acid groups (broad SMARTS) is 1. The van der Waals surface area contributed by atoms with Crippen molar-refractivity contribution in [3.05, 3.63) is 23.8 Å². The van der Waals surface area contributed by atoms with E-state index in [9.17, 15) is 4.79 Å². The summed E-state index contributed by atoms with van der Waals surface area (Å²) < 4.78 is 11.0. The molecule has 0 saturated carbocycles. The van der Waals surface area contributed by atoms with Gasteiger partial charge in [-0.05, 0) is 17.7 Å². The van der Waals surface area contributed by atoms with Gasteiger partial charge >= 0.3 is 5.97 Å². The molecule has 3 rings (SSSR count). The van der Waals surface area contributed by atoms with Gasteiger partial charge < -0.3 is 14.6 Å². The van der Waals surface area contributed by atoms with Crippen molar-refractivity contribution < 1.29 is 19.4 Å². The van der Waals surface area contributed by atoms with Crippen molar-refractivity contribution in [1.29, 1.82) is 0 Å². The van der Waals surface area contributed by atoms with Gasteiger partial charge in [-0.3, -0.25) is 10.1 Å². The summed E-state index contributed by atoms with van der Waals surface area (Å²) in [5, 5.41) is 12.0. The minimum absolute atomic E-state index is 0.00178. The highest BCUT2D eigenvalue weighted by molar-refractivity contribution is 7.99. The van der Waals surface area contributed by atoms with Crippen LogP contribution in [0.5, 0.6) is 11.5 Å². The summed E-state index contributed by atoms with van der Waals surface area (Å²) in [6.07, 6.45) is 0. The van der Waals surface area contributed by atoms with Crippen LogP contribution >= 0.6 is 11.8 Å². The summed E-state index contributed by atoms with van der Waals surface area (Å²) in [7, 11) is 0. The predicted molar refractivity (Wildman–Crippen MR) is 67.2 cm³/mol. The first-order valence-corrected chi connectivity index (χ1v) is 6.79. The molecule has 0 spiro atoms. The number of rotatable bonds is 2. The SMILES string of the molecule is O=C(O)[C@H]1CSC(c2ccc3c(c2)OCCO3)N1. The molecule has 2 atom stereocenters. The van der Waals surface area contributed by atoms with Crippen molar-refractivity contribution in [1.82, 2.24) is 5.32 Å². The van der Waals surface area contributed by atoms with Crippen LogP contribution in [0.25, 0.3) is 0 Å². The maximum atomic E-state index is 10.9. The lowest BCUT2D eigenvalue weighted by Gasteiger charge is -2.20. The fourth-order valence-corrected chi connectivity index (χ4v) is 3.25. The van der Waals surface area contributed by atoms with E-state index in [4.69, 9.17) is 14.6 Å². The van der Waals surface area contributed by atoms with Crippen LogP contribution in [0.4, 0.5) is 0 Å². The van der Waals surface area contributed by atoms with Gasteiger partial charge in [-0.1, -0.05) is 6.07 Å². The lowest BCUT2D eigenvalue weighted by atomic mass is 10.2. The summed E-state index contributed by atoms with van der Waals surface area (Å²) in [5.41, 5.74) is 1.02. The summed E-state index contributed by atoms with van der Waals surface area (Å²) >= 11 is 1.59. The third-order valence-corrected chi connectivity index (χ3v) is 4.22. The van der Waals surface area contributed by atoms with Crippen LogP contribution in [-0.4, -0.2) is 36.1 Å². The van der Waals surface area contributed by atoms with Gasteiger partial charge in [-0.25, -0.2) is 0 Å². The number of nitrogens with one attached hydrogen (secondary N) is 1. The quantitative estimate of drug-likeness (QED) is 0.840. The van der Waals surface area contributed by atoms with E-state index in [-0.39, 0.29) is 5.37 Å². The molecule has 1 saturated heterocycles. The predicted octanol–water partition coefficient (Wildman–Crippen LogP) is 1.25. The molecule has 96 valence electrons. The van der Waals surface area contributed by atoms with Crippen LogP contribution in [-0.2, 0) is 4.79 Å². The molecule has 0 aromatic heterocycles. The molecule has 0 amide bonds. The zero-order chi connectivity index (χ0) is 12.5. The Bertz CT molecular complexity index is 479. The van der Waals surface area contributed by atoms with Gasteiger partial charge in [0.15, 0.2) is 11.5 Å².